The molecule has 3 atom stereocenters. The van der Waals surface area contributed by atoms with Crippen molar-refractivity contribution in [1.82, 2.24) is 4.90 Å². The zero-order valence-electron chi connectivity index (χ0n) is 22.7. The number of Topliss-reactive ketones (excluding diaryl/α,β-unsaturated/α-hetero) is 3. The molecule has 0 bridgehead atoms. The van der Waals surface area contributed by atoms with Gasteiger partial charge in [-0.1, -0.05) is 30.3 Å². The third-order valence-electron chi connectivity index (χ3n) is 8.14. The maximum absolute atomic E-state index is 13.2. The number of carbonyl (C=O) groups is 3. The van der Waals surface area contributed by atoms with E-state index in [-0.39, 0.29) is 62.7 Å². The summed E-state index contributed by atoms with van der Waals surface area (Å²) in [7, 11) is 0. The number of rotatable bonds is 12. The van der Waals surface area contributed by atoms with Crippen LogP contribution < -0.4 is 0 Å². The van der Waals surface area contributed by atoms with Gasteiger partial charge in [-0.3, -0.25) is 19.3 Å². The fourth-order valence-electron chi connectivity index (χ4n) is 6.28. The van der Waals surface area contributed by atoms with E-state index in [2.05, 4.69) is 29.2 Å². The fourth-order valence-corrected chi connectivity index (χ4v) is 6.28. The Labute approximate surface area is 232 Å². The van der Waals surface area contributed by atoms with E-state index in [4.69, 9.17) is 0 Å². The summed E-state index contributed by atoms with van der Waals surface area (Å²) in [4.78, 5) is 39.9. The van der Waals surface area contributed by atoms with Crippen molar-refractivity contribution < 1.29 is 38.0 Å². The lowest BCUT2D eigenvalue weighted by Crippen LogP contribution is -2.32. The highest BCUT2D eigenvalue weighted by Gasteiger charge is 2.35. The Kier molecular flexibility index (Phi) is 10.9. The van der Waals surface area contributed by atoms with Crippen molar-refractivity contribution in [3.63, 3.8) is 0 Å². The third-order valence-corrected chi connectivity index (χ3v) is 8.14. The van der Waals surface area contributed by atoms with Crippen LogP contribution in [-0.4, -0.2) is 69.3 Å². The smallest absolute Gasteiger partial charge is 0.167 e. The first-order valence-corrected chi connectivity index (χ1v) is 13.7. The number of aliphatic hydroxyl groups is 2. The number of benzene rings is 2. The monoisotopic (exact) mass is 543 g/mol. The van der Waals surface area contributed by atoms with Crippen LogP contribution in [0.3, 0.4) is 0 Å². The molecule has 8 heteroatoms. The number of hydrogen-bond acceptors (Lipinski definition) is 7. The van der Waals surface area contributed by atoms with Gasteiger partial charge in [0.1, 0.15) is 17.3 Å². The molecule has 0 aromatic heterocycles. The van der Waals surface area contributed by atoms with Crippen LogP contribution >= 0.6 is 0 Å². The van der Waals surface area contributed by atoms with Crippen molar-refractivity contribution in [3.05, 3.63) is 53.1 Å². The van der Waals surface area contributed by atoms with Gasteiger partial charge in [-0.2, -0.15) is 0 Å². The van der Waals surface area contributed by atoms with E-state index in [1.807, 2.05) is 6.07 Å². The minimum absolute atomic E-state index is 0. The summed E-state index contributed by atoms with van der Waals surface area (Å²) >= 11 is 0. The van der Waals surface area contributed by atoms with Gasteiger partial charge in [0.15, 0.2) is 5.78 Å². The molecule has 2 aromatic rings. The van der Waals surface area contributed by atoms with Crippen molar-refractivity contribution >= 4 is 17.3 Å². The molecule has 5 N–H and O–H groups in total. The average Bonchev–Trinajstić information content (AvgIpc) is 3.38. The molecule has 1 saturated heterocycles. The Bertz CT molecular complexity index is 1170. The van der Waals surface area contributed by atoms with Crippen LogP contribution in [0.1, 0.15) is 69.8 Å². The second-order valence-corrected chi connectivity index (χ2v) is 11.0. The molecule has 2 aliphatic rings. The highest BCUT2D eigenvalue weighted by atomic mass is 16.3. The van der Waals surface area contributed by atoms with E-state index in [1.165, 1.54) is 25.3 Å². The number of ketones is 3. The lowest BCUT2D eigenvalue weighted by atomic mass is 9.72. The molecule has 0 saturated carbocycles. The van der Waals surface area contributed by atoms with Crippen LogP contribution in [0, 0.1) is 17.8 Å². The van der Waals surface area contributed by atoms with Crippen LogP contribution in [0.25, 0.3) is 11.1 Å². The Balaban J connectivity index is 0.00000280. The van der Waals surface area contributed by atoms with Crippen molar-refractivity contribution in [2.45, 2.75) is 58.4 Å². The van der Waals surface area contributed by atoms with E-state index >= 15 is 0 Å². The van der Waals surface area contributed by atoms with E-state index in [9.17, 15) is 29.7 Å². The summed E-state index contributed by atoms with van der Waals surface area (Å²) in [5.41, 5.74) is 4.31. The van der Waals surface area contributed by atoms with Crippen LogP contribution in [0.15, 0.2) is 36.4 Å². The number of aromatic hydroxyl groups is 1. The lowest BCUT2D eigenvalue weighted by Gasteiger charge is -2.31. The molecule has 1 heterocycles. The molecule has 1 aliphatic carbocycles. The van der Waals surface area contributed by atoms with Crippen molar-refractivity contribution in [2.24, 2.45) is 17.8 Å². The van der Waals surface area contributed by atoms with Crippen LogP contribution in [0.2, 0.25) is 0 Å². The number of hydrogen-bond donors (Lipinski definition) is 3. The van der Waals surface area contributed by atoms with E-state index in [1.54, 1.807) is 6.07 Å². The largest absolute Gasteiger partial charge is 0.507 e. The van der Waals surface area contributed by atoms with Gasteiger partial charge in [0.05, 0.1) is 18.6 Å². The summed E-state index contributed by atoms with van der Waals surface area (Å²) < 4.78 is 0. The maximum atomic E-state index is 13.2. The average molecular weight is 544 g/mol. The van der Waals surface area contributed by atoms with Gasteiger partial charge in [-0.25, -0.2) is 0 Å². The predicted molar refractivity (Wildman–Crippen MR) is 153 cm³/mol. The van der Waals surface area contributed by atoms with Gasteiger partial charge in [0, 0.05) is 28.3 Å². The molecular formula is C31H45NO7. The highest BCUT2D eigenvalue weighted by molar-refractivity contribution is 6.03. The van der Waals surface area contributed by atoms with E-state index in [0.717, 1.165) is 36.3 Å². The number of nitrogens with zero attached hydrogens (tertiary/aromatic N) is 1. The van der Waals surface area contributed by atoms with Crippen LogP contribution in [0.4, 0.5) is 0 Å². The van der Waals surface area contributed by atoms with Crippen molar-refractivity contribution in [3.8, 4) is 16.9 Å². The first-order valence-electron chi connectivity index (χ1n) is 13.7. The van der Waals surface area contributed by atoms with Crippen molar-refractivity contribution in [2.75, 3.05) is 26.3 Å². The quantitative estimate of drug-likeness (QED) is 0.347. The zero-order chi connectivity index (χ0) is 27.2. The number of likely N-dealkylation sites (tertiary alicyclic amines) is 1. The first kappa shape index (κ1) is 30.6. The second kappa shape index (κ2) is 13.9. The summed E-state index contributed by atoms with van der Waals surface area (Å²) in [5.74, 6) is -1.95. The maximum Gasteiger partial charge on any atom is 0.167 e. The number of fused-ring (bicyclic) bond motifs is 1. The lowest BCUT2D eigenvalue weighted by molar-refractivity contribution is -0.131. The molecule has 39 heavy (non-hydrogen) atoms. The second-order valence-electron chi connectivity index (χ2n) is 11.0. The van der Waals surface area contributed by atoms with Gasteiger partial charge >= 0.3 is 0 Å². The van der Waals surface area contributed by atoms with E-state index < -0.39 is 12.5 Å². The normalized spacial score (nSPS) is 18.7. The molecule has 0 spiro atoms. The third kappa shape index (κ3) is 7.39. The topological polar surface area (TPSA) is 147 Å². The molecule has 1 fully saturated rings. The number of phenolic OH excluding ortho intramolecular Hbond substituents is 1. The molecule has 4 rings (SSSR count). The predicted octanol–water partition coefficient (Wildman–Crippen LogP) is 3.61. The minimum atomic E-state index is -0.755. The minimum Gasteiger partial charge on any atom is -0.507 e. The Morgan fingerprint density at radius 2 is 1.74 bits per heavy atom. The SMILES string of the molecule is CC(=O)CC(=O)C(CO)C(CCO)CC1CC(=O)c2c(O)ccc(-c3ccc(CN4CCCC4)cc3)c2C1.O.[HH].[HH]. The zero-order valence-corrected chi connectivity index (χ0v) is 22.7. The molecule has 0 amide bonds. The summed E-state index contributed by atoms with van der Waals surface area (Å²) in [6, 6.07) is 11.8. The van der Waals surface area contributed by atoms with Crippen molar-refractivity contribution in [1.29, 1.82) is 0 Å². The van der Waals surface area contributed by atoms with Gasteiger partial charge in [0.2, 0.25) is 0 Å². The molecule has 8 nitrogen and oxygen atoms in total. The molecular weight excluding hydrogens is 498 g/mol. The van der Waals surface area contributed by atoms with Gasteiger partial charge < -0.3 is 20.8 Å². The Hall–Kier alpha value is -2.91. The van der Waals surface area contributed by atoms with Gasteiger partial charge in [0.25, 0.3) is 0 Å². The molecule has 0 radical (unpaired) electrons. The van der Waals surface area contributed by atoms with Gasteiger partial charge in [-0.15, -0.1) is 0 Å². The standard InChI is InChI=1S/C31H39NO6.H2O.2H2/c1-20(35)14-29(37)27(19-34)24(10-13-33)15-22-16-26-25(8-9-28(36)31(26)30(38)17-22)23-6-4-21(5-7-23)18-32-11-2-3-12-32;;;/h4-9,22,24,27,33-34,36H,2-3,10-19H2,1H3;1H2;2*1H. The number of phenols is 1. The van der Waals surface area contributed by atoms with Gasteiger partial charge in [-0.05, 0) is 92.3 Å². The van der Waals surface area contributed by atoms with Crippen LogP contribution in [-0.2, 0) is 22.6 Å². The molecule has 1 aliphatic heterocycles. The van der Waals surface area contributed by atoms with E-state index in [0.29, 0.717) is 24.8 Å². The summed E-state index contributed by atoms with van der Waals surface area (Å²) in [6.07, 6.45) is 3.78. The van der Waals surface area contributed by atoms with Crippen LogP contribution in [0.5, 0.6) is 5.75 Å². The summed E-state index contributed by atoms with van der Waals surface area (Å²) in [6.45, 7) is 3.98. The Morgan fingerprint density at radius 3 is 2.36 bits per heavy atom. The fraction of sp³-hybridized carbons (Fsp3) is 0.516. The molecule has 2 aromatic carbocycles. The molecule has 216 valence electrons. The number of aliphatic hydroxyl groups excluding tert-OH is 2. The Morgan fingerprint density at radius 1 is 1.05 bits per heavy atom. The molecule has 3 unspecified atom stereocenters. The summed E-state index contributed by atoms with van der Waals surface area (Å²) in [5, 5.41) is 30.2. The number of carbonyl (C=O) groups excluding carboxylic acids is 3. The first-order chi connectivity index (χ1) is 18.3. The highest BCUT2D eigenvalue weighted by Crippen LogP contribution is 2.41.